The molecule has 1 aromatic carbocycles. The molecule has 0 saturated heterocycles. The van der Waals surface area contributed by atoms with E-state index in [9.17, 15) is 9.50 Å². The molecule has 1 aromatic heterocycles. The fraction of sp³-hybridized carbons (Fsp3) is 0.267. The minimum Gasteiger partial charge on any atom is -0.493 e. The lowest BCUT2D eigenvalue weighted by molar-refractivity contribution is 0.194. The molecule has 0 spiro atoms. The lowest BCUT2D eigenvalue weighted by Gasteiger charge is -2.10. The maximum Gasteiger partial charge on any atom is 0.132 e. The van der Waals surface area contributed by atoms with Gasteiger partial charge in [0.2, 0.25) is 0 Å². The molecule has 0 bridgehead atoms. The molecule has 4 heteroatoms. The molecule has 0 aliphatic carbocycles. The minimum atomic E-state index is -0.815. The third-order valence-corrected chi connectivity index (χ3v) is 2.80. The van der Waals surface area contributed by atoms with Crippen molar-refractivity contribution in [3.63, 3.8) is 0 Å². The predicted molar refractivity (Wildman–Crippen MR) is 70.5 cm³/mol. The Morgan fingerprint density at radius 1 is 1.37 bits per heavy atom. The van der Waals surface area contributed by atoms with Gasteiger partial charge in [0.25, 0.3) is 0 Å². The maximum atomic E-state index is 13.6. The summed E-state index contributed by atoms with van der Waals surface area (Å²) in [4.78, 5) is 4.01. The minimum absolute atomic E-state index is 0.277. The van der Waals surface area contributed by atoms with Crippen molar-refractivity contribution in [3.05, 3.63) is 59.7 Å². The first-order chi connectivity index (χ1) is 9.16. The standard InChI is InChI=1S/C15H16FNO2/c1-11(18)14-5-4-13(9-15(14)16)19-8-6-12-3-2-7-17-10-12/h2-5,7,9-11,18H,6,8H2,1H3/t11-/m0/s1. The zero-order valence-electron chi connectivity index (χ0n) is 10.7. The Kier molecular flexibility index (Phi) is 4.47. The smallest absolute Gasteiger partial charge is 0.132 e. The quantitative estimate of drug-likeness (QED) is 0.899. The molecule has 0 fully saturated rings. The number of aromatic nitrogens is 1. The van der Waals surface area contributed by atoms with Gasteiger partial charge in [-0.15, -0.1) is 0 Å². The fourth-order valence-electron chi connectivity index (χ4n) is 1.77. The van der Waals surface area contributed by atoms with Gasteiger partial charge in [-0.2, -0.15) is 0 Å². The number of benzene rings is 1. The molecule has 0 aliphatic heterocycles. The van der Waals surface area contributed by atoms with E-state index in [1.807, 2.05) is 12.1 Å². The van der Waals surface area contributed by atoms with Crippen LogP contribution < -0.4 is 4.74 Å². The molecule has 1 atom stereocenters. The highest BCUT2D eigenvalue weighted by molar-refractivity contribution is 5.30. The summed E-state index contributed by atoms with van der Waals surface area (Å²) >= 11 is 0. The summed E-state index contributed by atoms with van der Waals surface area (Å²) in [5, 5.41) is 9.33. The Bertz CT molecular complexity index is 529. The normalized spacial score (nSPS) is 12.2. The Balaban J connectivity index is 1.92. The third kappa shape index (κ3) is 3.76. The summed E-state index contributed by atoms with van der Waals surface area (Å²) in [5.74, 6) is 0.0136. The Labute approximate surface area is 111 Å². The Hall–Kier alpha value is -1.94. The van der Waals surface area contributed by atoms with Crippen LogP contribution in [0.15, 0.2) is 42.7 Å². The predicted octanol–water partition coefficient (Wildman–Crippen LogP) is 2.90. The van der Waals surface area contributed by atoms with Gasteiger partial charge in [-0.25, -0.2) is 4.39 Å². The van der Waals surface area contributed by atoms with Crippen molar-refractivity contribution in [2.24, 2.45) is 0 Å². The van der Waals surface area contributed by atoms with Crippen LogP contribution in [0.3, 0.4) is 0 Å². The summed E-state index contributed by atoms with van der Waals surface area (Å²) in [6.07, 6.45) is 3.40. The molecule has 2 rings (SSSR count). The average molecular weight is 261 g/mol. The first-order valence-corrected chi connectivity index (χ1v) is 6.16. The summed E-state index contributed by atoms with van der Waals surface area (Å²) in [6.45, 7) is 1.99. The summed E-state index contributed by atoms with van der Waals surface area (Å²) in [6, 6.07) is 8.33. The van der Waals surface area contributed by atoms with E-state index in [1.165, 1.54) is 13.0 Å². The second-order valence-electron chi connectivity index (χ2n) is 4.32. The Morgan fingerprint density at radius 3 is 2.84 bits per heavy atom. The zero-order valence-corrected chi connectivity index (χ0v) is 10.7. The fourth-order valence-corrected chi connectivity index (χ4v) is 1.77. The number of hydrogen-bond donors (Lipinski definition) is 1. The van der Waals surface area contributed by atoms with Gasteiger partial charge in [0, 0.05) is 30.4 Å². The molecule has 0 unspecified atom stereocenters. The number of rotatable bonds is 5. The second-order valence-corrected chi connectivity index (χ2v) is 4.32. The highest BCUT2D eigenvalue weighted by Gasteiger charge is 2.08. The molecule has 19 heavy (non-hydrogen) atoms. The van der Waals surface area contributed by atoms with E-state index < -0.39 is 11.9 Å². The molecule has 0 aliphatic rings. The average Bonchev–Trinajstić information content (AvgIpc) is 2.39. The van der Waals surface area contributed by atoms with Crippen LogP contribution in [0.2, 0.25) is 0 Å². The van der Waals surface area contributed by atoms with Crippen LogP contribution in [0.5, 0.6) is 5.75 Å². The molecule has 2 aromatic rings. The van der Waals surface area contributed by atoms with Crippen LogP contribution in [0, 0.1) is 5.82 Å². The van der Waals surface area contributed by atoms with Crippen molar-refractivity contribution >= 4 is 0 Å². The highest BCUT2D eigenvalue weighted by Crippen LogP contribution is 2.21. The van der Waals surface area contributed by atoms with E-state index in [0.717, 1.165) is 5.56 Å². The van der Waals surface area contributed by atoms with Crippen LogP contribution in [-0.2, 0) is 6.42 Å². The maximum absolute atomic E-state index is 13.6. The molecule has 0 saturated carbocycles. The van der Waals surface area contributed by atoms with Crippen molar-refractivity contribution in [2.45, 2.75) is 19.4 Å². The lowest BCUT2D eigenvalue weighted by Crippen LogP contribution is -2.03. The van der Waals surface area contributed by atoms with Crippen LogP contribution in [0.4, 0.5) is 4.39 Å². The monoisotopic (exact) mass is 261 g/mol. The molecule has 100 valence electrons. The van der Waals surface area contributed by atoms with E-state index in [0.29, 0.717) is 18.8 Å². The second kappa shape index (κ2) is 6.29. The van der Waals surface area contributed by atoms with Crippen LogP contribution in [-0.4, -0.2) is 16.7 Å². The van der Waals surface area contributed by atoms with Crippen LogP contribution in [0.25, 0.3) is 0 Å². The number of hydrogen-bond acceptors (Lipinski definition) is 3. The number of aliphatic hydroxyl groups excluding tert-OH is 1. The SMILES string of the molecule is C[C@H](O)c1ccc(OCCc2cccnc2)cc1F. The van der Waals surface area contributed by atoms with E-state index in [4.69, 9.17) is 4.74 Å². The molecular formula is C15H16FNO2. The Morgan fingerprint density at radius 2 is 2.21 bits per heavy atom. The molecule has 0 radical (unpaired) electrons. The first-order valence-electron chi connectivity index (χ1n) is 6.16. The van der Waals surface area contributed by atoms with Gasteiger partial charge in [-0.1, -0.05) is 6.07 Å². The molecular weight excluding hydrogens is 245 g/mol. The van der Waals surface area contributed by atoms with Crippen LogP contribution >= 0.6 is 0 Å². The van der Waals surface area contributed by atoms with Crippen molar-refractivity contribution < 1.29 is 14.2 Å². The lowest BCUT2D eigenvalue weighted by atomic mass is 10.1. The molecule has 1 N–H and O–H groups in total. The van der Waals surface area contributed by atoms with E-state index in [1.54, 1.807) is 24.5 Å². The number of pyridine rings is 1. The highest BCUT2D eigenvalue weighted by atomic mass is 19.1. The first kappa shape index (κ1) is 13.5. The summed E-state index contributed by atoms with van der Waals surface area (Å²) in [5.41, 5.74) is 1.35. The van der Waals surface area contributed by atoms with E-state index in [-0.39, 0.29) is 5.56 Å². The van der Waals surface area contributed by atoms with E-state index in [2.05, 4.69) is 4.98 Å². The van der Waals surface area contributed by atoms with Crippen molar-refractivity contribution in [1.82, 2.24) is 4.98 Å². The largest absolute Gasteiger partial charge is 0.493 e. The molecule has 0 amide bonds. The number of ether oxygens (including phenoxy) is 1. The number of aliphatic hydroxyl groups is 1. The summed E-state index contributed by atoms with van der Waals surface area (Å²) < 4.78 is 19.1. The third-order valence-electron chi connectivity index (χ3n) is 2.80. The van der Waals surface area contributed by atoms with Gasteiger partial charge in [0.05, 0.1) is 12.7 Å². The topological polar surface area (TPSA) is 42.4 Å². The van der Waals surface area contributed by atoms with E-state index >= 15 is 0 Å². The van der Waals surface area contributed by atoms with Gasteiger partial charge < -0.3 is 9.84 Å². The van der Waals surface area contributed by atoms with Crippen LogP contribution in [0.1, 0.15) is 24.2 Å². The van der Waals surface area contributed by atoms with Gasteiger partial charge >= 0.3 is 0 Å². The van der Waals surface area contributed by atoms with Crippen molar-refractivity contribution in [1.29, 1.82) is 0 Å². The molecule has 3 nitrogen and oxygen atoms in total. The zero-order chi connectivity index (χ0) is 13.7. The number of nitrogens with zero attached hydrogens (tertiary/aromatic N) is 1. The van der Waals surface area contributed by atoms with Gasteiger partial charge in [0.15, 0.2) is 0 Å². The van der Waals surface area contributed by atoms with Crippen molar-refractivity contribution in [2.75, 3.05) is 6.61 Å². The van der Waals surface area contributed by atoms with Gasteiger partial charge in [0.1, 0.15) is 11.6 Å². The van der Waals surface area contributed by atoms with Crippen molar-refractivity contribution in [3.8, 4) is 5.75 Å². The van der Waals surface area contributed by atoms with Gasteiger partial charge in [-0.05, 0) is 30.7 Å². The van der Waals surface area contributed by atoms with Gasteiger partial charge in [-0.3, -0.25) is 4.98 Å². The summed E-state index contributed by atoms with van der Waals surface area (Å²) in [7, 11) is 0. The molecule has 1 heterocycles. The number of halogens is 1.